The van der Waals surface area contributed by atoms with Gasteiger partial charge in [0, 0.05) is 48.1 Å². The number of nitrogens with zero attached hydrogens (tertiary/aromatic N) is 2. The molecule has 13 heteroatoms. The molecular weight excluding hydrogens is 626 g/mol. The van der Waals surface area contributed by atoms with E-state index in [0.717, 1.165) is 34.3 Å². The van der Waals surface area contributed by atoms with Gasteiger partial charge in [-0.2, -0.15) is 13.2 Å². The van der Waals surface area contributed by atoms with Crippen molar-refractivity contribution in [3.8, 4) is 0 Å². The van der Waals surface area contributed by atoms with Gasteiger partial charge in [-0.25, -0.2) is 8.42 Å². The molecule has 0 fully saturated rings. The van der Waals surface area contributed by atoms with E-state index in [2.05, 4.69) is 5.32 Å². The molecule has 0 bridgehead atoms. The predicted molar refractivity (Wildman–Crippen MR) is 162 cm³/mol. The number of alkyl halides is 3. The first-order valence-corrected chi connectivity index (χ1v) is 16.0. The van der Waals surface area contributed by atoms with Crippen LogP contribution >= 0.6 is 23.2 Å². The maximum Gasteiger partial charge on any atom is 0.416 e. The third-order valence-corrected chi connectivity index (χ3v) is 8.53. The van der Waals surface area contributed by atoms with E-state index >= 15 is 0 Å². The van der Waals surface area contributed by atoms with E-state index < -0.39 is 39.6 Å². The Morgan fingerprint density at radius 3 is 2.16 bits per heavy atom. The smallest absolute Gasteiger partial charge is 0.355 e. The molecule has 0 aliphatic rings. The number of anilines is 1. The van der Waals surface area contributed by atoms with Crippen LogP contribution in [0.1, 0.15) is 36.5 Å². The Labute approximate surface area is 259 Å². The Morgan fingerprint density at radius 2 is 1.58 bits per heavy atom. The van der Waals surface area contributed by atoms with Gasteiger partial charge in [0.2, 0.25) is 21.8 Å². The second-order valence-corrected chi connectivity index (χ2v) is 12.5. The number of carbonyl (C=O) groups excluding carboxylic acids is 2. The zero-order valence-corrected chi connectivity index (χ0v) is 25.9. The molecule has 3 rings (SSSR count). The third-order valence-electron chi connectivity index (χ3n) is 6.63. The lowest BCUT2D eigenvalue weighted by Crippen LogP contribution is -2.50. The molecule has 0 aliphatic carbocycles. The summed E-state index contributed by atoms with van der Waals surface area (Å²) >= 11 is 12.8. The fraction of sp³-hybridized carbons (Fsp3) is 0.333. The Hall–Kier alpha value is -3.28. The molecule has 232 valence electrons. The molecule has 1 N–H and O–H groups in total. The fourth-order valence-electron chi connectivity index (χ4n) is 4.54. The first kappa shape index (κ1) is 34.2. The van der Waals surface area contributed by atoms with E-state index in [0.29, 0.717) is 22.2 Å². The van der Waals surface area contributed by atoms with Gasteiger partial charge in [-0.05, 0) is 49.2 Å². The molecule has 3 aromatic rings. The number of nitrogens with one attached hydrogen (secondary N) is 1. The van der Waals surface area contributed by atoms with Crippen molar-refractivity contribution in [3.63, 3.8) is 0 Å². The minimum Gasteiger partial charge on any atom is -0.355 e. The number of benzene rings is 3. The number of rotatable bonds is 13. The Balaban J connectivity index is 1.92. The summed E-state index contributed by atoms with van der Waals surface area (Å²) in [6.45, 7) is 1.70. The van der Waals surface area contributed by atoms with Crippen molar-refractivity contribution in [3.05, 3.63) is 99.5 Å². The van der Waals surface area contributed by atoms with E-state index in [1.54, 1.807) is 25.1 Å². The maximum atomic E-state index is 13.8. The number of halogens is 5. The topological polar surface area (TPSA) is 86.8 Å². The van der Waals surface area contributed by atoms with E-state index in [1.807, 2.05) is 30.3 Å². The van der Waals surface area contributed by atoms with Crippen molar-refractivity contribution in [2.45, 2.75) is 44.9 Å². The normalized spacial score (nSPS) is 12.4. The highest BCUT2D eigenvalue weighted by molar-refractivity contribution is 7.92. The standard InChI is InChI=1S/C30H32Cl2F3N3O4S/c1-3-36-29(40)27(18-21-10-5-4-6-11-21)37(20-24-25(31)14-8-15-26(24)32)28(39)16-9-17-38(43(2,41)42)23-13-7-12-22(19-23)30(33,34)35/h4-8,10-15,19,27H,3,9,16-18,20H2,1-2H3,(H,36,40)/t27-/m1/s1. The van der Waals surface area contributed by atoms with Gasteiger partial charge in [-0.1, -0.05) is 65.7 Å². The fourth-order valence-corrected chi connectivity index (χ4v) is 6.02. The summed E-state index contributed by atoms with van der Waals surface area (Å²) < 4.78 is 65.8. The molecule has 0 aliphatic heterocycles. The first-order valence-electron chi connectivity index (χ1n) is 13.4. The number of hydrogen-bond acceptors (Lipinski definition) is 4. The van der Waals surface area contributed by atoms with Crippen molar-refractivity contribution < 1.29 is 31.2 Å². The van der Waals surface area contributed by atoms with Crippen molar-refractivity contribution in [2.24, 2.45) is 0 Å². The van der Waals surface area contributed by atoms with Crippen LogP contribution in [0, 0.1) is 0 Å². The molecule has 0 saturated heterocycles. The van der Waals surface area contributed by atoms with Crippen LogP contribution in [0.25, 0.3) is 0 Å². The van der Waals surface area contributed by atoms with Crippen LogP contribution in [-0.4, -0.2) is 50.5 Å². The molecule has 7 nitrogen and oxygen atoms in total. The SMILES string of the molecule is CCNC(=O)[C@@H](Cc1ccccc1)N(Cc1c(Cl)cccc1Cl)C(=O)CCCN(c1cccc(C(F)(F)F)c1)S(C)(=O)=O. The largest absolute Gasteiger partial charge is 0.416 e. The maximum absolute atomic E-state index is 13.8. The minimum absolute atomic E-state index is 0.0393. The van der Waals surface area contributed by atoms with Gasteiger partial charge in [0.05, 0.1) is 17.5 Å². The van der Waals surface area contributed by atoms with Gasteiger partial charge in [-0.3, -0.25) is 13.9 Å². The highest BCUT2D eigenvalue weighted by Crippen LogP contribution is 2.32. The summed E-state index contributed by atoms with van der Waals surface area (Å²) in [4.78, 5) is 28.5. The van der Waals surface area contributed by atoms with Gasteiger partial charge in [-0.15, -0.1) is 0 Å². The monoisotopic (exact) mass is 657 g/mol. The molecular formula is C30H32Cl2F3N3O4S. The molecule has 0 spiro atoms. The number of hydrogen-bond donors (Lipinski definition) is 1. The van der Waals surface area contributed by atoms with Crippen molar-refractivity contribution in [1.82, 2.24) is 10.2 Å². The highest BCUT2D eigenvalue weighted by Gasteiger charge is 2.33. The lowest BCUT2D eigenvalue weighted by Gasteiger charge is -2.32. The molecule has 0 radical (unpaired) electrons. The summed E-state index contributed by atoms with van der Waals surface area (Å²) in [6, 6.07) is 17.0. The lowest BCUT2D eigenvalue weighted by molar-refractivity contribution is -0.141. The third kappa shape index (κ3) is 9.61. The van der Waals surface area contributed by atoms with Crippen LogP contribution in [-0.2, 0) is 38.8 Å². The van der Waals surface area contributed by atoms with Crippen molar-refractivity contribution in [1.29, 1.82) is 0 Å². The zero-order valence-electron chi connectivity index (χ0n) is 23.6. The molecule has 0 unspecified atom stereocenters. The highest BCUT2D eigenvalue weighted by atomic mass is 35.5. The Morgan fingerprint density at radius 1 is 0.953 bits per heavy atom. The number of likely N-dealkylation sites (N-methyl/N-ethyl adjacent to an activating group) is 1. The summed E-state index contributed by atoms with van der Waals surface area (Å²) in [5.74, 6) is -0.884. The van der Waals surface area contributed by atoms with Crippen LogP contribution in [0.5, 0.6) is 0 Å². The molecule has 43 heavy (non-hydrogen) atoms. The van der Waals surface area contributed by atoms with Gasteiger partial charge in [0.1, 0.15) is 6.04 Å². The van der Waals surface area contributed by atoms with Gasteiger partial charge >= 0.3 is 6.18 Å². The van der Waals surface area contributed by atoms with Gasteiger partial charge < -0.3 is 10.2 Å². The quantitative estimate of drug-likeness (QED) is 0.233. The first-order chi connectivity index (χ1) is 20.2. The number of sulfonamides is 1. The van der Waals surface area contributed by atoms with E-state index in [-0.39, 0.29) is 38.0 Å². The number of carbonyl (C=O) groups is 2. The molecule has 0 heterocycles. The number of amides is 2. The van der Waals surface area contributed by atoms with E-state index in [4.69, 9.17) is 23.2 Å². The summed E-state index contributed by atoms with van der Waals surface area (Å²) in [7, 11) is -3.99. The van der Waals surface area contributed by atoms with Crippen molar-refractivity contribution in [2.75, 3.05) is 23.7 Å². The van der Waals surface area contributed by atoms with E-state index in [1.165, 1.54) is 11.0 Å². The molecule has 1 atom stereocenters. The second kappa shape index (κ2) is 14.9. The van der Waals surface area contributed by atoms with E-state index in [9.17, 15) is 31.2 Å². The summed E-state index contributed by atoms with van der Waals surface area (Å²) in [5, 5.41) is 3.37. The Bertz CT molecular complexity index is 1500. The molecule has 0 aromatic heterocycles. The lowest BCUT2D eigenvalue weighted by atomic mass is 10.0. The van der Waals surface area contributed by atoms with Crippen molar-refractivity contribution >= 4 is 50.7 Å². The minimum atomic E-state index is -4.66. The second-order valence-electron chi connectivity index (χ2n) is 9.81. The van der Waals surface area contributed by atoms with Crippen LogP contribution in [0.3, 0.4) is 0 Å². The summed E-state index contributed by atoms with van der Waals surface area (Å²) in [5.41, 5.74) is 0.0647. The van der Waals surface area contributed by atoms with Crippen LogP contribution in [0.15, 0.2) is 72.8 Å². The average Bonchev–Trinajstić information content (AvgIpc) is 2.94. The van der Waals surface area contributed by atoms with Crippen LogP contribution in [0.4, 0.5) is 18.9 Å². The summed E-state index contributed by atoms with van der Waals surface area (Å²) in [6.07, 6.45) is -3.85. The van der Waals surface area contributed by atoms with Crippen LogP contribution in [0.2, 0.25) is 10.0 Å². The predicted octanol–water partition coefficient (Wildman–Crippen LogP) is 6.33. The zero-order chi connectivity index (χ0) is 31.8. The molecule has 2 amide bonds. The average molecular weight is 659 g/mol. The Kier molecular flexibility index (Phi) is 11.9. The van der Waals surface area contributed by atoms with Gasteiger partial charge in [0.15, 0.2) is 0 Å². The molecule has 0 saturated carbocycles. The molecule has 3 aromatic carbocycles. The van der Waals surface area contributed by atoms with Crippen LogP contribution < -0.4 is 9.62 Å². The van der Waals surface area contributed by atoms with Gasteiger partial charge in [0.25, 0.3) is 0 Å².